The van der Waals surface area contributed by atoms with Crippen molar-refractivity contribution in [3.63, 3.8) is 0 Å². The maximum absolute atomic E-state index is 10.6. The molecule has 4 heteroatoms. The molecule has 1 N–H and O–H groups in total. The molecule has 0 amide bonds. The zero-order valence-corrected chi connectivity index (χ0v) is 11.4. The van der Waals surface area contributed by atoms with E-state index in [2.05, 4.69) is 0 Å². The third-order valence-electron chi connectivity index (χ3n) is 3.25. The Hall–Kier alpha value is -1.48. The van der Waals surface area contributed by atoms with Gasteiger partial charge in [0.1, 0.15) is 5.75 Å². The first-order valence-electron chi connectivity index (χ1n) is 6.53. The first-order valence-corrected chi connectivity index (χ1v) is 6.91. The van der Waals surface area contributed by atoms with E-state index in [0.29, 0.717) is 16.3 Å². The third kappa shape index (κ3) is 4.00. The number of carboxylic acids is 1. The molecule has 0 saturated heterocycles. The largest absolute Gasteiger partial charge is 0.490 e. The van der Waals surface area contributed by atoms with E-state index >= 15 is 0 Å². The Morgan fingerprint density at radius 1 is 1.32 bits per heavy atom. The molecule has 102 valence electrons. The first-order chi connectivity index (χ1) is 9.16. The number of hydrogen-bond donors (Lipinski definition) is 1. The predicted octanol–water partition coefficient (Wildman–Crippen LogP) is 4.15. The first kappa shape index (κ1) is 13.9. The van der Waals surface area contributed by atoms with Crippen LogP contribution >= 0.6 is 11.6 Å². The van der Waals surface area contributed by atoms with Gasteiger partial charge in [0.05, 0.1) is 11.1 Å². The molecular weight excluding hydrogens is 264 g/mol. The highest BCUT2D eigenvalue weighted by Crippen LogP contribution is 2.31. The third-order valence-corrected chi connectivity index (χ3v) is 3.58. The van der Waals surface area contributed by atoms with Crippen LogP contribution < -0.4 is 4.74 Å². The summed E-state index contributed by atoms with van der Waals surface area (Å²) in [6.07, 6.45) is 8.52. The normalized spacial score (nSPS) is 16.7. The quantitative estimate of drug-likeness (QED) is 0.843. The van der Waals surface area contributed by atoms with Gasteiger partial charge in [-0.3, -0.25) is 0 Å². The van der Waals surface area contributed by atoms with E-state index in [9.17, 15) is 4.79 Å². The average molecular weight is 281 g/mol. The van der Waals surface area contributed by atoms with Crippen molar-refractivity contribution in [2.45, 2.75) is 38.2 Å². The molecule has 0 atom stereocenters. The molecule has 1 aliphatic rings. The van der Waals surface area contributed by atoms with Crippen LogP contribution in [-0.4, -0.2) is 17.2 Å². The molecule has 0 bridgehead atoms. The molecule has 2 rings (SSSR count). The number of aliphatic carboxylic acids is 1. The topological polar surface area (TPSA) is 46.5 Å². The van der Waals surface area contributed by atoms with E-state index in [1.807, 2.05) is 12.1 Å². The lowest BCUT2D eigenvalue weighted by Gasteiger charge is -2.24. The summed E-state index contributed by atoms with van der Waals surface area (Å²) in [6.45, 7) is 0. The van der Waals surface area contributed by atoms with Gasteiger partial charge in [-0.15, -0.1) is 0 Å². The minimum atomic E-state index is -0.997. The molecule has 0 radical (unpaired) electrons. The minimum absolute atomic E-state index is 0.212. The van der Waals surface area contributed by atoms with Gasteiger partial charge in [-0.1, -0.05) is 24.1 Å². The Balaban J connectivity index is 2.18. The van der Waals surface area contributed by atoms with Crippen LogP contribution in [0.5, 0.6) is 5.75 Å². The molecule has 1 aromatic carbocycles. The lowest BCUT2D eigenvalue weighted by Crippen LogP contribution is -2.20. The van der Waals surface area contributed by atoms with Crippen molar-refractivity contribution in [2.75, 3.05) is 0 Å². The predicted molar refractivity (Wildman–Crippen MR) is 75.6 cm³/mol. The molecule has 1 aromatic rings. The summed E-state index contributed by atoms with van der Waals surface area (Å²) in [5.41, 5.74) is 0.636. The second-order valence-electron chi connectivity index (χ2n) is 4.70. The molecule has 0 aromatic heterocycles. The standard InChI is InChI=1S/C15H17ClO3/c16-13-7-4-8-14(12(13)9-10-15(17)18)19-11-5-2-1-3-6-11/h4,7-11H,1-3,5-6H2,(H,17,18)/b10-9+. The molecule has 0 spiro atoms. The Morgan fingerprint density at radius 3 is 2.74 bits per heavy atom. The molecule has 0 aliphatic heterocycles. The zero-order valence-electron chi connectivity index (χ0n) is 10.6. The van der Waals surface area contributed by atoms with Crippen LogP contribution in [-0.2, 0) is 4.79 Å². The van der Waals surface area contributed by atoms with Crippen LogP contribution in [0, 0.1) is 0 Å². The van der Waals surface area contributed by atoms with Crippen LogP contribution in [0.2, 0.25) is 5.02 Å². The van der Waals surface area contributed by atoms with Crippen molar-refractivity contribution in [2.24, 2.45) is 0 Å². The van der Waals surface area contributed by atoms with E-state index in [4.69, 9.17) is 21.4 Å². The van der Waals surface area contributed by atoms with Gasteiger partial charge in [0, 0.05) is 11.6 Å². The highest BCUT2D eigenvalue weighted by Gasteiger charge is 2.16. The highest BCUT2D eigenvalue weighted by molar-refractivity contribution is 6.32. The van der Waals surface area contributed by atoms with Gasteiger partial charge in [-0.05, 0) is 43.9 Å². The summed E-state index contributed by atoms with van der Waals surface area (Å²) in [4.78, 5) is 10.6. The van der Waals surface area contributed by atoms with Gasteiger partial charge in [0.2, 0.25) is 0 Å². The minimum Gasteiger partial charge on any atom is -0.490 e. The zero-order chi connectivity index (χ0) is 13.7. The van der Waals surface area contributed by atoms with Crippen LogP contribution in [0.15, 0.2) is 24.3 Å². The molecule has 0 heterocycles. The van der Waals surface area contributed by atoms with E-state index < -0.39 is 5.97 Å². The molecular formula is C15H17ClO3. The number of carboxylic acid groups (broad SMARTS) is 1. The summed E-state index contributed by atoms with van der Waals surface area (Å²) in [6, 6.07) is 5.39. The molecule has 19 heavy (non-hydrogen) atoms. The van der Waals surface area contributed by atoms with Crippen LogP contribution in [0.3, 0.4) is 0 Å². The van der Waals surface area contributed by atoms with Gasteiger partial charge < -0.3 is 9.84 Å². The Bertz CT molecular complexity index is 476. The SMILES string of the molecule is O=C(O)/C=C/c1c(Cl)cccc1OC1CCCCC1. The summed E-state index contributed by atoms with van der Waals surface area (Å²) >= 11 is 6.11. The van der Waals surface area contributed by atoms with Crippen LogP contribution in [0.4, 0.5) is 0 Å². The van der Waals surface area contributed by atoms with Gasteiger partial charge in [0.25, 0.3) is 0 Å². The maximum atomic E-state index is 10.6. The van der Waals surface area contributed by atoms with Gasteiger partial charge in [0.15, 0.2) is 0 Å². The van der Waals surface area contributed by atoms with Gasteiger partial charge in [-0.2, -0.15) is 0 Å². The van der Waals surface area contributed by atoms with E-state index in [-0.39, 0.29) is 6.10 Å². The molecule has 1 aliphatic carbocycles. The van der Waals surface area contributed by atoms with Gasteiger partial charge >= 0.3 is 5.97 Å². The van der Waals surface area contributed by atoms with Crippen molar-refractivity contribution in [3.05, 3.63) is 34.9 Å². The second kappa shape index (κ2) is 6.62. The Morgan fingerprint density at radius 2 is 2.05 bits per heavy atom. The number of halogens is 1. The van der Waals surface area contributed by atoms with Crippen molar-refractivity contribution < 1.29 is 14.6 Å². The highest BCUT2D eigenvalue weighted by atomic mass is 35.5. The monoisotopic (exact) mass is 280 g/mol. The van der Waals surface area contributed by atoms with Crippen molar-refractivity contribution in [3.8, 4) is 5.75 Å². The number of benzene rings is 1. The molecule has 1 fully saturated rings. The van der Waals surface area contributed by atoms with E-state index in [0.717, 1.165) is 18.9 Å². The average Bonchev–Trinajstić information content (AvgIpc) is 2.39. The molecule has 0 unspecified atom stereocenters. The summed E-state index contributed by atoms with van der Waals surface area (Å²) in [5, 5.41) is 9.21. The number of carbonyl (C=O) groups is 1. The summed E-state index contributed by atoms with van der Waals surface area (Å²) in [7, 11) is 0. The number of ether oxygens (including phenoxy) is 1. The maximum Gasteiger partial charge on any atom is 0.328 e. The Kier molecular flexibility index (Phi) is 4.86. The lowest BCUT2D eigenvalue weighted by molar-refractivity contribution is -0.131. The smallest absolute Gasteiger partial charge is 0.328 e. The second-order valence-corrected chi connectivity index (χ2v) is 5.11. The van der Waals surface area contributed by atoms with Gasteiger partial charge in [-0.25, -0.2) is 4.79 Å². The van der Waals surface area contributed by atoms with Crippen LogP contribution in [0.1, 0.15) is 37.7 Å². The summed E-state index contributed by atoms with van der Waals surface area (Å²) < 4.78 is 5.97. The fourth-order valence-corrected chi connectivity index (χ4v) is 2.53. The Labute approximate surface area is 117 Å². The van der Waals surface area contributed by atoms with E-state index in [1.165, 1.54) is 25.3 Å². The van der Waals surface area contributed by atoms with Crippen molar-refractivity contribution in [1.82, 2.24) is 0 Å². The lowest BCUT2D eigenvalue weighted by atomic mass is 9.97. The fourth-order valence-electron chi connectivity index (χ4n) is 2.30. The van der Waals surface area contributed by atoms with Crippen molar-refractivity contribution in [1.29, 1.82) is 0 Å². The fraction of sp³-hybridized carbons (Fsp3) is 0.400. The number of rotatable bonds is 4. The summed E-state index contributed by atoms with van der Waals surface area (Å²) in [5.74, 6) is -0.333. The molecule has 1 saturated carbocycles. The van der Waals surface area contributed by atoms with E-state index in [1.54, 1.807) is 6.07 Å². The van der Waals surface area contributed by atoms with Crippen LogP contribution in [0.25, 0.3) is 6.08 Å². The van der Waals surface area contributed by atoms with Crippen molar-refractivity contribution >= 4 is 23.6 Å². The molecule has 3 nitrogen and oxygen atoms in total. The number of hydrogen-bond acceptors (Lipinski definition) is 2.